The van der Waals surface area contributed by atoms with Crippen LogP contribution < -0.4 is 16.0 Å². The summed E-state index contributed by atoms with van der Waals surface area (Å²) < 4.78 is 0. The molecule has 27 heavy (non-hydrogen) atoms. The first-order chi connectivity index (χ1) is 12.9. The first kappa shape index (κ1) is 16.4. The molecule has 4 aliphatic heterocycles. The van der Waals surface area contributed by atoms with E-state index in [1.807, 2.05) is 6.07 Å². The van der Waals surface area contributed by atoms with E-state index in [0.29, 0.717) is 23.0 Å². The molecule has 140 valence electrons. The van der Waals surface area contributed by atoms with E-state index in [-0.39, 0.29) is 24.8 Å². The lowest BCUT2D eigenvalue weighted by atomic mass is 9.66. The van der Waals surface area contributed by atoms with E-state index in [1.54, 1.807) is 12.1 Å². The van der Waals surface area contributed by atoms with Crippen molar-refractivity contribution in [2.75, 3.05) is 18.0 Å². The van der Waals surface area contributed by atoms with Gasteiger partial charge in [-0.05, 0) is 42.9 Å². The summed E-state index contributed by atoms with van der Waals surface area (Å²) in [4.78, 5) is 52.3. The quantitative estimate of drug-likeness (QED) is 0.703. The summed E-state index contributed by atoms with van der Waals surface area (Å²) >= 11 is 0. The smallest absolute Gasteiger partial charge is 0.262 e. The number of nitrogens with one attached hydrogen (secondary N) is 1. The Morgan fingerprint density at radius 3 is 2.37 bits per heavy atom. The SMILES string of the molecule is NC1[C@@H]2C[C@H]1CN(c1ccc3c(c1)C(=O)N(C1CCC(=O)NC1=O)C3=O)C2. The Kier molecular flexibility index (Phi) is 3.42. The Morgan fingerprint density at radius 1 is 1.00 bits per heavy atom. The third-order valence-corrected chi connectivity index (χ3v) is 6.39. The minimum absolute atomic E-state index is 0.117. The van der Waals surface area contributed by atoms with Crippen molar-refractivity contribution in [1.29, 1.82) is 0 Å². The number of anilines is 1. The molecular formula is C19H20N4O4. The van der Waals surface area contributed by atoms with Crippen molar-refractivity contribution >= 4 is 29.3 Å². The largest absolute Gasteiger partial charge is 0.371 e. The van der Waals surface area contributed by atoms with E-state index in [0.717, 1.165) is 30.1 Å². The van der Waals surface area contributed by atoms with Gasteiger partial charge in [-0.2, -0.15) is 0 Å². The average Bonchev–Trinajstić information content (AvgIpc) is 2.92. The maximum absolute atomic E-state index is 12.9. The number of benzene rings is 1. The van der Waals surface area contributed by atoms with Gasteiger partial charge in [0.05, 0.1) is 11.1 Å². The summed E-state index contributed by atoms with van der Waals surface area (Å²) in [5, 5.41) is 2.21. The number of rotatable bonds is 2. The third-order valence-electron chi connectivity index (χ3n) is 6.39. The van der Waals surface area contributed by atoms with Crippen LogP contribution in [0.2, 0.25) is 0 Å². The lowest BCUT2D eigenvalue weighted by Gasteiger charge is -2.52. The molecule has 2 bridgehead atoms. The van der Waals surface area contributed by atoms with Gasteiger partial charge >= 0.3 is 0 Å². The lowest BCUT2D eigenvalue weighted by molar-refractivity contribution is -0.136. The Hall–Kier alpha value is -2.74. The van der Waals surface area contributed by atoms with Crippen molar-refractivity contribution < 1.29 is 19.2 Å². The number of fused-ring (bicyclic) bond motifs is 3. The summed E-state index contributed by atoms with van der Waals surface area (Å²) in [5.74, 6) is -0.948. The summed E-state index contributed by atoms with van der Waals surface area (Å²) in [6.45, 7) is 1.71. The molecule has 1 aromatic rings. The van der Waals surface area contributed by atoms with E-state index in [4.69, 9.17) is 5.73 Å². The first-order valence-electron chi connectivity index (χ1n) is 9.30. The fourth-order valence-electron chi connectivity index (χ4n) is 4.79. The number of imide groups is 2. The maximum atomic E-state index is 12.9. The Morgan fingerprint density at radius 2 is 1.70 bits per heavy atom. The molecule has 0 aromatic heterocycles. The first-order valence-corrected chi connectivity index (χ1v) is 9.30. The zero-order chi connectivity index (χ0) is 18.9. The molecule has 3 saturated heterocycles. The Bertz CT molecular complexity index is 886. The Labute approximate surface area is 155 Å². The second kappa shape index (κ2) is 5.63. The molecule has 8 nitrogen and oxygen atoms in total. The van der Waals surface area contributed by atoms with E-state index in [1.165, 1.54) is 0 Å². The molecule has 1 saturated carbocycles. The number of hydrogen-bond acceptors (Lipinski definition) is 6. The number of hydrogen-bond donors (Lipinski definition) is 2. The maximum Gasteiger partial charge on any atom is 0.262 e. The number of amides is 4. The van der Waals surface area contributed by atoms with Crippen molar-refractivity contribution in [3.8, 4) is 0 Å². The highest BCUT2D eigenvalue weighted by atomic mass is 16.2. The van der Waals surface area contributed by atoms with Gasteiger partial charge in [0.25, 0.3) is 11.8 Å². The van der Waals surface area contributed by atoms with E-state index in [2.05, 4.69) is 10.2 Å². The van der Waals surface area contributed by atoms with Crippen molar-refractivity contribution in [3.63, 3.8) is 0 Å². The van der Waals surface area contributed by atoms with Crippen LogP contribution in [0.5, 0.6) is 0 Å². The van der Waals surface area contributed by atoms with Gasteiger partial charge in [0.2, 0.25) is 11.8 Å². The van der Waals surface area contributed by atoms with Crippen LogP contribution in [-0.4, -0.2) is 53.7 Å². The summed E-state index contributed by atoms with van der Waals surface area (Å²) in [6.07, 6.45) is 1.44. The second-order valence-corrected chi connectivity index (χ2v) is 7.92. The highest BCUT2D eigenvalue weighted by Gasteiger charge is 2.46. The number of carbonyl (C=O) groups excluding carboxylic acids is 4. The fraction of sp³-hybridized carbons (Fsp3) is 0.474. The van der Waals surface area contributed by atoms with E-state index < -0.39 is 23.8 Å². The summed E-state index contributed by atoms with van der Waals surface area (Å²) in [6, 6.07) is 4.60. The number of nitrogens with two attached hydrogens (primary N) is 1. The highest BCUT2D eigenvalue weighted by molar-refractivity contribution is 6.23. The summed E-state index contributed by atoms with van der Waals surface area (Å²) in [7, 11) is 0. The van der Waals surface area contributed by atoms with E-state index in [9.17, 15) is 19.2 Å². The molecule has 1 aliphatic carbocycles. The van der Waals surface area contributed by atoms with Gasteiger partial charge < -0.3 is 10.6 Å². The standard InChI is InChI=1S/C19H20N4O4/c20-16-9-5-10(16)8-22(7-9)11-1-2-12-13(6-11)19(27)23(18(12)26)14-3-4-15(24)21-17(14)25/h1-2,6,9-10,14,16H,3-5,7-8,20H2,(H,21,24,25)/t9-,10+,14?,16?. The second-order valence-electron chi connectivity index (χ2n) is 7.92. The molecule has 4 fully saturated rings. The molecule has 2 unspecified atom stereocenters. The minimum atomic E-state index is -0.931. The summed E-state index contributed by atoms with van der Waals surface area (Å²) in [5.41, 5.74) is 7.67. The molecule has 4 amide bonds. The molecule has 0 spiro atoms. The van der Waals surface area contributed by atoms with Crippen molar-refractivity contribution in [2.45, 2.75) is 31.3 Å². The van der Waals surface area contributed by atoms with Gasteiger partial charge in [-0.25, -0.2) is 0 Å². The number of piperidine rings is 3. The topological polar surface area (TPSA) is 113 Å². The van der Waals surface area contributed by atoms with Gasteiger partial charge in [-0.3, -0.25) is 29.4 Å². The van der Waals surface area contributed by atoms with Gasteiger partial charge in [0.1, 0.15) is 6.04 Å². The van der Waals surface area contributed by atoms with Crippen LogP contribution >= 0.6 is 0 Å². The zero-order valence-corrected chi connectivity index (χ0v) is 14.7. The molecule has 3 N–H and O–H groups in total. The molecule has 0 radical (unpaired) electrons. The van der Waals surface area contributed by atoms with Crippen molar-refractivity contribution in [3.05, 3.63) is 29.3 Å². The molecule has 4 atom stereocenters. The van der Waals surface area contributed by atoms with Crippen molar-refractivity contribution in [2.24, 2.45) is 17.6 Å². The van der Waals surface area contributed by atoms with Crippen molar-refractivity contribution in [1.82, 2.24) is 10.2 Å². The normalized spacial score (nSPS) is 32.3. The lowest BCUT2D eigenvalue weighted by Crippen LogP contribution is -2.62. The molecule has 5 aliphatic rings. The highest BCUT2D eigenvalue weighted by Crippen LogP contribution is 2.41. The average molecular weight is 368 g/mol. The van der Waals surface area contributed by atoms with Gasteiger partial charge in [-0.15, -0.1) is 0 Å². The Balaban J connectivity index is 1.42. The van der Waals surface area contributed by atoms with Crippen LogP contribution in [-0.2, 0) is 9.59 Å². The number of nitrogens with zero attached hydrogens (tertiary/aromatic N) is 2. The molecular weight excluding hydrogens is 348 g/mol. The van der Waals surface area contributed by atoms with Gasteiger partial charge in [0, 0.05) is 31.2 Å². The minimum Gasteiger partial charge on any atom is -0.371 e. The molecule has 4 heterocycles. The monoisotopic (exact) mass is 368 g/mol. The van der Waals surface area contributed by atoms with Crippen LogP contribution in [0, 0.1) is 11.8 Å². The van der Waals surface area contributed by atoms with Crippen LogP contribution in [0.1, 0.15) is 40.0 Å². The molecule has 1 aromatic carbocycles. The zero-order valence-electron chi connectivity index (χ0n) is 14.7. The van der Waals surface area contributed by atoms with Gasteiger partial charge in [-0.1, -0.05) is 0 Å². The van der Waals surface area contributed by atoms with E-state index >= 15 is 0 Å². The fourth-order valence-corrected chi connectivity index (χ4v) is 4.79. The molecule has 6 rings (SSSR count). The molecule has 8 heteroatoms. The van der Waals surface area contributed by atoms with Crippen LogP contribution in [0.4, 0.5) is 5.69 Å². The third kappa shape index (κ3) is 2.32. The van der Waals surface area contributed by atoms with Crippen LogP contribution in [0.15, 0.2) is 18.2 Å². The number of carbonyl (C=O) groups is 4. The van der Waals surface area contributed by atoms with Crippen LogP contribution in [0.3, 0.4) is 0 Å². The predicted molar refractivity (Wildman–Crippen MR) is 94.9 cm³/mol. The van der Waals surface area contributed by atoms with Gasteiger partial charge in [0.15, 0.2) is 0 Å². The van der Waals surface area contributed by atoms with Crippen LogP contribution in [0.25, 0.3) is 0 Å². The predicted octanol–water partition coefficient (Wildman–Crippen LogP) is -0.129.